The Labute approximate surface area is 123 Å². The van der Waals surface area contributed by atoms with Crippen molar-refractivity contribution < 1.29 is 24.5 Å². The average Bonchev–Trinajstić information content (AvgIpc) is 2.34. The minimum atomic E-state index is -2.17. The number of carbonyl (C=O) groups is 2. The van der Waals surface area contributed by atoms with Crippen LogP contribution in [0, 0.1) is 0 Å². The summed E-state index contributed by atoms with van der Waals surface area (Å²) in [6.07, 6.45) is -0.794. The lowest BCUT2D eigenvalue weighted by molar-refractivity contribution is -0.159. The number of ether oxygens (including phenoxy) is 1. The third kappa shape index (κ3) is 4.75. The molecule has 0 bridgehead atoms. The van der Waals surface area contributed by atoms with Crippen LogP contribution >= 0.6 is 0 Å². The number of benzene rings is 1. The van der Waals surface area contributed by atoms with Gasteiger partial charge in [0, 0.05) is 0 Å². The summed E-state index contributed by atoms with van der Waals surface area (Å²) in [7, 11) is 0. The van der Waals surface area contributed by atoms with Gasteiger partial charge in [-0.3, -0.25) is 0 Å². The molecule has 0 aliphatic rings. The molecule has 1 rings (SSSR count). The Hall–Kier alpha value is -2.08. The molecule has 1 amide bonds. The Bertz CT molecular complexity index is 505. The molecule has 0 saturated heterocycles. The molecule has 0 spiro atoms. The van der Waals surface area contributed by atoms with Gasteiger partial charge < -0.3 is 20.3 Å². The number of rotatable bonds is 4. The van der Waals surface area contributed by atoms with Gasteiger partial charge in [0.15, 0.2) is 5.60 Å². The van der Waals surface area contributed by atoms with Crippen LogP contribution in [0.15, 0.2) is 30.3 Å². The van der Waals surface area contributed by atoms with E-state index in [9.17, 15) is 19.8 Å². The quantitative estimate of drug-likeness (QED) is 0.790. The van der Waals surface area contributed by atoms with Crippen molar-refractivity contribution in [1.82, 2.24) is 5.32 Å². The van der Waals surface area contributed by atoms with E-state index in [1.54, 1.807) is 51.1 Å². The summed E-state index contributed by atoms with van der Waals surface area (Å²) in [5.74, 6) is -1.44. The van der Waals surface area contributed by atoms with Crippen molar-refractivity contribution in [3.05, 3.63) is 35.9 Å². The van der Waals surface area contributed by atoms with Crippen LogP contribution in [0.3, 0.4) is 0 Å². The highest BCUT2D eigenvalue weighted by molar-refractivity contribution is 5.79. The molecule has 2 atom stereocenters. The number of aliphatic hydroxyl groups is 1. The first-order chi connectivity index (χ1) is 9.54. The van der Waals surface area contributed by atoms with E-state index < -0.39 is 29.3 Å². The number of hydrogen-bond acceptors (Lipinski definition) is 4. The van der Waals surface area contributed by atoms with Crippen molar-refractivity contribution in [3.63, 3.8) is 0 Å². The predicted molar refractivity (Wildman–Crippen MR) is 76.8 cm³/mol. The fourth-order valence-electron chi connectivity index (χ4n) is 1.74. The summed E-state index contributed by atoms with van der Waals surface area (Å²) in [4.78, 5) is 23.1. The lowest BCUT2D eigenvalue weighted by Crippen LogP contribution is -2.50. The number of alkyl carbamates (subject to hydrolysis) is 1. The molecule has 0 heterocycles. The second kappa shape index (κ2) is 6.13. The van der Waals surface area contributed by atoms with E-state index >= 15 is 0 Å². The van der Waals surface area contributed by atoms with Gasteiger partial charge in [0.05, 0.1) is 6.04 Å². The maximum atomic E-state index is 11.9. The van der Waals surface area contributed by atoms with Gasteiger partial charge in [0.1, 0.15) is 5.60 Å². The van der Waals surface area contributed by atoms with E-state index in [2.05, 4.69) is 5.32 Å². The molecule has 116 valence electrons. The van der Waals surface area contributed by atoms with Crippen LogP contribution in [0.25, 0.3) is 0 Å². The zero-order valence-corrected chi connectivity index (χ0v) is 12.6. The first-order valence-corrected chi connectivity index (χ1v) is 6.54. The Kier molecular flexibility index (Phi) is 4.96. The van der Waals surface area contributed by atoms with Crippen molar-refractivity contribution in [2.45, 2.75) is 44.9 Å². The number of carbonyl (C=O) groups excluding carboxylic acids is 1. The van der Waals surface area contributed by atoms with Gasteiger partial charge in [0.25, 0.3) is 0 Å². The molecule has 1 aromatic carbocycles. The van der Waals surface area contributed by atoms with Gasteiger partial charge >= 0.3 is 12.1 Å². The Balaban J connectivity index is 3.05. The Morgan fingerprint density at radius 3 is 2.10 bits per heavy atom. The SMILES string of the molecule is CC(C)(C)OC(=O)NC(c1ccccc1)C(C)(O)C(=O)O. The molecule has 0 radical (unpaired) electrons. The van der Waals surface area contributed by atoms with E-state index in [-0.39, 0.29) is 0 Å². The number of aliphatic carboxylic acids is 1. The Morgan fingerprint density at radius 2 is 1.67 bits per heavy atom. The highest BCUT2D eigenvalue weighted by Gasteiger charge is 2.42. The van der Waals surface area contributed by atoms with Gasteiger partial charge in [-0.05, 0) is 33.3 Å². The summed E-state index contributed by atoms with van der Waals surface area (Å²) in [5, 5.41) is 21.8. The van der Waals surface area contributed by atoms with Gasteiger partial charge in [-0.25, -0.2) is 9.59 Å². The minimum Gasteiger partial charge on any atom is -0.479 e. The van der Waals surface area contributed by atoms with Crippen LogP contribution in [-0.2, 0) is 9.53 Å². The highest BCUT2D eigenvalue weighted by atomic mass is 16.6. The minimum absolute atomic E-state index is 0.468. The number of carboxylic acid groups (broad SMARTS) is 1. The summed E-state index contributed by atoms with van der Waals surface area (Å²) >= 11 is 0. The molecule has 21 heavy (non-hydrogen) atoms. The molecule has 6 nitrogen and oxygen atoms in total. The first-order valence-electron chi connectivity index (χ1n) is 6.54. The monoisotopic (exact) mass is 295 g/mol. The highest BCUT2D eigenvalue weighted by Crippen LogP contribution is 2.26. The van der Waals surface area contributed by atoms with E-state index in [0.717, 1.165) is 6.92 Å². The molecule has 0 aliphatic carbocycles. The summed E-state index contributed by atoms with van der Waals surface area (Å²) in [6.45, 7) is 6.21. The summed E-state index contributed by atoms with van der Waals surface area (Å²) < 4.78 is 5.11. The van der Waals surface area contributed by atoms with Crippen LogP contribution in [0.1, 0.15) is 39.3 Å². The smallest absolute Gasteiger partial charge is 0.408 e. The number of hydrogen-bond donors (Lipinski definition) is 3. The summed E-state index contributed by atoms with van der Waals surface area (Å²) in [6, 6.07) is 7.25. The zero-order chi connectivity index (χ0) is 16.3. The second-order valence-corrected chi connectivity index (χ2v) is 5.94. The van der Waals surface area contributed by atoms with Crippen LogP contribution < -0.4 is 5.32 Å². The number of nitrogens with one attached hydrogen (secondary N) is 1. The fraction of sp³-hybridized carbons (Fsp3) is 0.467. The van der Waals surface area contributed by atoms with Crippen molar-refractivity contribution in [2.75, 3.05) is 0 Å². The molecular formula is C15H21NO5. The Morgan fingerprint density at radius 1 is 1.14 bits per heavy atom. The molecule has 3 N–H and O–H groups in total. The fourth-order valence-corrected chi connectivity index (χ4v) is 1.74. The van der Waals surface area contributed by atoms with Crippen LogP contribution in [0.4, 0.5) is 4.79 Å². The van der Waals surface area contributed by atoms with E-state index in [0.29, 0.717) is 5.56 Å². The van der Waals surface area contributed by atoms with Crippen molar-refractivity contribution in [3.8, 4) is 0 Å². The maximum Gasteiger partial charge on any atom is 0.408 e. The molecule has 0 fully saturated rings. The largest absolute Gasteiger partial charge is 0.479 e. The molecule has 0 aliphatic heterocycles. The van der Waals surface area contributed by atoms with Gasteiger partial charge in [-0.2, -0.15) is 0 Å². The molecule has 0 aromatic heterocycles. The topological polar surface area (TPSA) is 95.9 Å². The van der Waals surface area contributed by atoms with E-state index in [1.807, 2.05) is 0 Å². The molecule has 6 heteroatoms. The average molecular weight is 295 g/mol. The molecule has 2 unspecified atom stereocenters. The van der Waals surface area contributed by atoms with Gasteiger partial charge in [-0.15, -0.1) is 0 Å². The zero-order valence-electron chi connectivity index (χ0n) is 12.6. The predicted octanol–water partition coefficient (Wildman–Crippen LogP) is 2.09. The van der Waals surface area contributed by atoms with Gasteiger partial charge in [0.2, 0.25) is 0 Å². The molecular weight excluding hydrogens is 274 g/mol. The normalized spacial score (nSPS) is 15.7. The van der Waals surface area contributed by atoms with E-state index in [4.69, 9.17) is 4.74 Å². The number of carboxylic acids is 1. The molecule has 0 saturated carbocycles. The first kappa shape index (κ1) is 17.0. The third-order valence-electron chi connectivity index (χ3n) is 2.79. The number of amides is 1. The van der Waals surface area contributed by atoms with Crippen molar-refractivity contribution in [2.24, 2.45) is 0 Å². The molecule has 1 aromatic rings. The third-order valence-corrected chi connectivity index (χ3v) is 2.79. The van der Waals surface area contributed by atoms with E-state index in [1.165, 1.54) is 0 Å². The maximum absolute atomic E-state index is 11.9. The summed E-state index contributed by atoms with van der Waals surface area (Å²) in [5.41, 5.74) is -2.42. The van der Waals surface area contributed by atoms with Crippen LogP contribution in [-0.4, -0.2) is 33.5 Å². The van der Waals surface area contributed by atoms with Crippen LogP contribution in [0.2, 0.25) is 0 Å². The standard InChI is InChI=1S/C15H21NO5/c1-14(2,3)21-13(19)16-11(15(4,20)12(17)18)10-8-6-5-7-9-10/h5-9,11,20H,1-4H3,(H,16,19)(H,17,18). The van der Waals surface area contributed by atoms with Crippen molar-refractivity contribution in [1.29, 1.82) is 0 Å². The second-order valence-electron chi connectivity index (χ2n) is 5.94. The lowest BCUT2D eigenvalue weighted by atomic mass is 9.90. The van der Waals surface area contributed by atoms with Gasteiger partial charge in [-0.1, -0.05) is 30.3 Å². The van der Waals surface area contributed by atoms with Crippen molar-refractivity contribution >= 4 is 12.1 Å². The lowest BCUT2D eigenvalue weighted by Gasteiger charge is -2.31. The van der Waals surface area contributed by atoms with Crippen LogP contribution in [0.5, 0.6) is 0 Å².